The van der Waals surface area contributed by atoms with Gasteiger partial charge in [-0.15, -0.1) is 4.94 Å². The SMILES string of the molecule is N#Cc1ccc(Cl)cc1-c1c[n+]2c3c(c1O)CCC3(O)c1nc(-c3ccc(NC(=O)O)cc3)cn1O2. The van der Waals surface area contributed by atoms with E-state index in [1.54, 1.807) is 48.7 Å². The molecule has 0 saturated heterocycles. The maximum atomic E-state index is 11.7. The van der Waals surface area contributed by atoms with E-state index in [0.29, 0.717) is 56.3 Å². The smallest absolute Gasteiger partial charge is 0.409 e. The first-order valence-corrected chi connectivity index (χ1v) is 11.3. The zero-order chi connectivity index (χ0) is 25.2. The van der Waals surface area contributed by atoms with Crippen LogP contribution in [0.25, 0.3) is 22.4 Å². The summed E-state index contributed by atoms with van der Waals surface area (Å²) in [5.74, 6) is 0.206. The maximum Gasteiger partial charge on any atom is 0.409 e. The van der Waals surface area contributed by atoms with Crippen molar-refractivity contribution in [2.24, 2.45) is 0 Å². The summed E-state index contributed by atoms with van der Waals surface area (Å²) in [6.07, 6.45) is 2.60. The van der Waals surface area contributed by atoms with Crippen molar-refractivity contribution in [2.45, 2.75) is 18.4 Å². The number of hydrogen-bond donors (Lipinski definition) is 4. The fourth-order valence-corrected chi connectivity index (χ4v) is 5.01. The Morgan fingerprint density at radius 2 is 2.03 bits per heavy atom. The van der Waals surface area contributed by atoms with Crippen molar-refractivity contribution in [3.63, 3.8) is 0 Å². The largest absolute Gasteiger partial charge is 0.507 e. The number of hydrogen-bond acceptors (Lipinski definition) is 6. The van der Waals surface area contributed by atoms with Gasteiger partial charge in [-0.2, -0.15) is 5.26 Å². The average Bonchev–Trinajstić information content (AvgIpc) is 3.44. The minimum absolute atomic E-state index is 0.0544. The highest BCUT2D eigenvalue weighted by atomic mass is 35.5. The molecule has 1 atom stereocenters. The number of imidazole rings is 1. The lowest BCUT2D eigenvalue weighted by atomic mass is 9.96. The van der Waals surface area contributed by atoms with Crippen LogP contribution in [0.15, 0.2) is 54.9 Å². The van der Waals surface area contributed by atoms with Crippen LogP contribution in [0.1, 0.15) is 29.1 Å². The molecule has 0 radical (unpaired) electrons. The maximum absolute atomic E-state index is 11.7. The summed E-state index contributed by atoms with van der Waals surface area (Å²) < 4.78 is 2.75. The molecule has 0 bridgehead atoms. The molecular formula is C25H17ClN5O5+. The monoisotopic (exact) mass is 502 g/mol. The second-order valence-electron chi connectivity index (χ2n) is 8.57. The fraction of sp³-hybridized carbons (Fsp3) is 0.120. The van der Waals surface area contributed by atoms with Gasteiger partial charge in [-0.05, 0) is 52.6 Å². The highest BCUT2D eigenvalue weighted by molar-refractivity contribution is 6.31. The summed E-state index contributed by atoms with van der Waals surface area (Å²) >= 11 is 6.17. The lowest BCUT2D eigenvalue weighted by Crippen LogP contribution is -2.58. The number of pyridine rings is 1. The van der Waals surface area contributed by atoms with Gasteiger partial charge in [-0.3, -0.25) is 5.32 Å². The van der Waals surface area contributed by atoms with Gasteiger partial charge in [0, 0.05) is 27.4 Å². The summed E-state index contributed by atoms with van der Waals surface area (Å²) in [5, 5.41) is 44.0. The second-order valence-corrected chi connectivity index (χ2v) is 9.01. The third-order valence-electron chi connectivity index (χ3n) is 6.47. The number of aliphatic hydroxyl groups is 1. The van der Waals surface area contributed by atoms with Crippen LogP contribution in [0.4, 0.5) is 10.5 Å². The molecule has 36 heavy (non-hydrogen) atoms. The molecule has 1 unspecified atom stereocenters. The van der Waals surface area contributed by atoms with Gasteiger partial charge in [-0.1, -0.05) is 23.7 Å². The normalized spacial score (nSPS) is 17.0. The first-order valence-electron chi connectivity index (χ1n) is 10.9. The van der Waals surface area contributed by atoms with Gasteiger partial charge >= 0.3 is 6.09 Å². The first kappa shape index (κ1) is 21.9. The molecule has 10 nitrogen and oxygen atoms in total. The predicted octanol–water partition coefficient (Wildman–Crippen LogP) is 3.21. The van der Waals surface area contributed by atoms with Gasteiger partial charge in [-0.25, -0.2) is 9.78 Å². The minimum atomic E-state index is -1.51. The lowest BCUT2D eigenvalue weighted by Gasteiger charge is -2.24. The van der Waals surface area contributed by atoms with Crippen molar-refractivity contribution in [2.75, 3.05) is 5.32 Å². The standard InChI is InChI=1S/C25H16ClN5O5/c26-15-4-1-14(10-27)18(9-15)19-11-30-22-17(21(19)32)7-8-25(22,35)23-29-20(12-31(23)36-30)13-2-5-16(6-3-13)28-24(33)34/h1-6,9,11-12,28,35H,7-8H2,(H,33,34)/p+1. The zero-order valence-electron chi connectivity index (χ0n) is 18.4. The zero-order valence-corrected chi connectivity index (χ0v) is 19.2. The van der Waals surface area contributed by atoms with Crippen molar-refractivity contribution in [1.29, 1.82) is 5.26 Å². The highest BCUT2D eigenvalue weighted by Crippen LogP contribution is 2.47. The van der Waals surface area contributed by atoms with Crippen LogP contribution in [0, 0.1) is 11.3 Å². The van der Waals surface area contributed by atoms with Crippen LogP contribution in [-0.4, -0.2) is 31.1 Å². The number of carboxylic acid groups (broad SMARTS) is 1. The Kier molecular flexibility index (Phi) is 4.69. The van der Waals surface area contributed by atoms with Crippen molar-refractivity contribution < 1.29 is 29.8 Å². The number of nitrogens with zero attached hydrogens (tertiary/aromatic N) is 4. The number of halogens is 1. The number of aromatic nitrogens is 3. The quantitative estimate of drug-likeness (QED) is 0.315. The predicted molar refractivity (Wildman–Crippen MR) is 126 cm³/mol. The molecule has 4 N–H and O–H groups in total. The van der Waals surface area contributed by atoms with Crippen molar-refractivity contribution >= 4 is 23.4 Å². The number of nitriles is 1. The van der Waals surface area contributed by atoms with Gasteiger partial charge in [0.1, 0.15) is 17.6 Å². The molecule has 0 saturated carbocycles. The molecule has 0 fully saturated rings. The number of aromatic hydroxyl groups is 1. The molecule has 3 heterocycles. The van der Waals surface area contributed by atoms with Gasteiger partial charge in [0.05, 0.1) is 17.2 Å². The van der Waals surface area contributed by atoms with E-state index in [2.05, 4.69) is 16.4 Å². The van der Waals surface area contributed by atoms with E-state index in [9.17, 15) is 20.3 Å². The molecule has 178 valence electrons. The fourth-order valence-electron chi connectivity index (χ4n) is 4.84. The van der Waals surface area contributed by atoms with Crippen LogP contribution < -0.4 is 15.0 Å². The Balaban J connectivity index is 1.46. The van der Waals surface area contributed by atoms with E-state index in [-0.39, 0.29) is 18.0 Å². The van der Waals surface area contributed by atoms with Gasteiger partial charge in [0.15, 0.2) is 11.9 Å². The molecule has 2 aromatic carbocycles. The molecule has 1 aliphatic carbocycles. The van der Waals surface area contributed by atoms with Crippen molar-refractivity contribution in [1.82, 2.24) is 9.71 Å². The van der Waals surface area contributed by atoms with Crippen LogP contribution in [0.2, 0.25) is 5.02 Å². The molecule has 1 amide bonds. The first-order chi connectivity index (χ1) is 17.3. The van der Waals surface area contributed by atoms with Gasteiger partial charge < -0.3 is 15.3 Å². The van der Waals surface area contributed by atoms with E-state index < -0.39 is 11.7 Å². The Morgan fingerprint density at radius 1 is 1.25 bits per heavy atom. The highest BCUT2D eigenvalue weighted by Gasteiger charge is 2.56. The number of anilines is 1. The summed E-state index contributed by atoms with van der Waals surface area (Å²) in [5.41, 5.74) is 2.09. The summed E-state index contributed by atoms with van der Waals surface area (Å²) in [4.78, 5) is 21.5. The Labute approximate surface area is 208 Å². The summed E-state index contributed by atoms with van der Waals surface area (Å²) in [7, 11) is 0. The van der Waals surface area contributed by atoms with E-state index in [1.807, 2.05) is 0 Å². The average molecular weight is 503 g/mol. The molecule has 2 aliphatic rings. The number of nitrogens with one attached hydrogen (secondary N) is 1. The third kappa shape index (κ3) is 3.18. The number of carbonyl (C=O) groups is 1. The van der Waals surface area contributed by atoms with E-state index in [1.165, 1.54) is 15.7 Å². The molecular weight excluding hydrogens is 486 g/mol. The molecule has 0 spiro atoms. The van der Waals surface area contributed by atoms with E-state index in [4.69, 9.17) is 21.6 Å². The topological polar surface area (TPSA) is 145 Å². The second kappa shape index (κ2) is 7.71. The minimum Gasteiger partial charge on any atom is -0.507 e. The number of benzene rings is 2. The molecule has 1 aliphatic heterocycles. The third-order valence-corrected chi connectivity index (χ3v) is 6.70. The summed E-state index contributed by atoms with van der Waals surface area (Å²) in [6, 6.07) is 13.5. The van der Waals surface area contributed by atoms with Crippen LogP contribution >= 0.6 is 11.6 Å². The molecule has 11 heteroatoms. The van der Waals surface area contributed by atoms with Crippen LogP contribution in [-0.2, 0) is 12.0 Å². The number of amides is 1. The Bertz CT molecular complexity index is 1630. The van der Waals surface area contributed by atoms with Crippen molar-refractivity contribution in [3.05, 3.63) is 82.5 Å². The number of fused-ring (bicyclic) bond motifs is 2. The van der Waals surface area contributed by atoms with E-state index >= 15 is 0 Å². The van der Waals surface area contributed by atoms with Crippen molar-refractivity contribution in [3.8, 4) is 34.2 Å². The molecule has 2 aromatic heterocycles. The molecule has 6 rings (SSSR count). The molecule has 4 aromatic rings. The van der Waals surface area contributed by atoms with E-state index in [0.717, 1.165) is 0 Å². The van der Waals surface area contributed by atoms with Crippen LogP contribution in [0.5, 0.6) is 5.75 Å². The lowest BCUT2D eigenvalue weighted by molar-refractivity contribution is -0.917. The Hall–Kier alpha value is -4.59. The van der Waals surface area contributed by atoms with Gasteiger partial charge in [0.25, 0.3) is 5.82 Å². The van der Waals surface area contributed by atoms with Crippen LogP contribution in [0.3, 0.4) is 0 Å². The summed E-state index contributed by atoms with van der Waals surface area (Å²) in [6.45, 7) is 0. The Morgan fingerprint density at radius 3 is 2.75 bits per heavy atom. The number of rotatable bonds is 3. The van der Waals surface area contributed by atoms with Gasteiger partial charge in [0.2, 0.25) is 5.60 Å².